The van der Waals surface area contributed by atoms with Crippen molar-refractivity contribution >= 4 is 29.1 Å². The van der Waals surface area contributed by atoms with Crippen molar-refractivity contribution in [2.24, 2.45) is 0 Å². The second-order valence-electron chi connectivity index (χ2n) is 7.95. The molecule has 0 radical (unpaired) electrons. The van der Waals surface area contributed by atoms with Gasteiger partial charge in [0.25, 0.3) is 0 Å². The van der Waals surface area contributed by atoms with Gasteiger partial charge in [-0.1, -0.05) is 30.0 Å². The van der Waals surface area contributed by atoms with Gasteiger partial charge in [-0.05, 0) is 50.6 Å². The highest BCUT2D eigenvalue weighted by Gasteiger charge is 2.15. The van der Waals surface area contributed by atoms with Crippen LogP contribution in [0.25, 0.3) is 11.5 Å². The van der Waals surface area contributed by atoms with E-state index in [4.69, 9.17) is 18.6 Å². The van der Waals surface area contributed by atoms with Crippen LogP contribution in [0, 0.1) is 13.8 Å². The summed E-state index contributed by atoms with van der Waals surface area (Å²) >= 11 is 3.13. The van der Waals surface area contributed by atoms with E-state index in [1.54, 1.807) is 11.8 Å². The van der Waals surface area contributed by atoms with E-state index in [9.17, 15) is 4.79 Å². The first-order valence-corrected chi connectivity index (χ1v) is 13.3. The molecular formula is C27H28N2O5S2. The number of carbonyl (C=O) groups excluding carboxylic acids is 1. The van der Waals surface area contributed by atoms with E-state index in [2.05, 4.69) is 9.97 Å². The third-order valence-corrected chi connectivity index (χ3v) is 7.68. The molecule has 0 amide bonds. The summed E-state index contributed by atoms with van der Waals surface area (Å²) in [6.45, 7) is 6.60. The van der Waals surface area contributed by atoms with E-state index < -0.39 is 0 Å². The van der Waals surface area contributed by atoms with Crippen molar-refractivity contribution in [3.05, 3.63) is 76.1 Å². The maximum Gasteiger partial charge on any atom is 0.310 e. The van der Waals surface area contributed by atoms with Crippen LogP contribution in [0.4, 0.5) is 0 Å². The average molecular weight is 525 g/mol. The van der Waals surface area contributed by atoms with E-state index in [1.165, 1.54) is 18.4 Å². The lowest BCUT2D eigenvalue weighted by atomic mass is 10.2. The molecule has 0 fully saturated rings. The minimum atomic E-state index is -0.261. The second-order valence-corrected chi connectivity index (χ2v) is 10.3. The number of thioether (sulfide) groups is 1. The highest BCUT2D eigenvalue weighted by molar-refractivity contribution is 8.00. The van der Waals surface area contributed by atoms with Gasteiger partial charge in [0.1, 0.15) is 29.6 Å². The number of carbonyl (C=O) groups is 1. The molecule has 0 N–H and O–H groups in total. The first-order valence-electron chi connectivity index (χ1n) is 11.5. The van der Waals surface area contributed by atoms with Crippen molar-refractivity contribution in [1.82, 2.24) is 9.97 Å². The molecule has 0 saturated heterocycles. The summed E-state index contributed by atoms with van der Waals surface area (Å²) < 4.78 is 23.4. The average Bonchev–Trinajstić information content (AvgIpc) is 3.43. The Morgan fingerprint density at radius 1 is 1.06 bits per heavy atom. The van der Waals surface area contributed by atoms with Gasteiger partial charge in [0.2, 0.25) is 5.89 Å². The van der Waals surface area contributed by atoms with E-state index in [-0.39, 0.29) is 19.0 Å². The smallest absolute Gasteiger partial charge is 0.310 e. The summed E-state index contributed by atoms with van der Waals surface area (Å²) in [5.41, 5.74) is 3.59. The van der Waals surface area contributed by atoms with Crippen LogP contribution in [-0.4, -0.2) is 29.7 Å². The quantitative estimate of drug-likeness (QED) is 0.165. The van der Waals surface area contributed by atoms with Crippen LogP contribution in [0.5, 0.6) is 11.5 Å². The number of rotatable bonds is 11. The van der Waals surface area contributed by atoms with Gasteiger partial charge >= 0.3 is 5.97 Å². The minimum Gasteiger partial charge on any atom is -0.494 e. The molecule has 0 aliphatic rings. The highest BCUT2D eigenvalue weighted by Crippen LogP contribution is 2.33. The summed E-state index contributed by atoms with van der Waals surface area (Å²) in [6.07, 6.45) is 0.242. The Bertz CT molecular complexity index is 1320. The summed E-state index contributed by atoms with van der Waals surface area (Å²) in [7, 11) is 1.39. The number of esters is 1. The van der Waals surface area contributed by atoms with Gasteiger partial charge in [-0.15, -0.1) is 11.3 Å². The molecule has 2 heterocycles. The van der Waals surface area contributed by atoms with E-state index in [1.807, 2.05) is 69.3 Å². The number of oxazole rings is 1. The van der Waals surface area contributed by atoms with Crippen LogP contribution in [-0.2, 0) is 28.3 Å². The molecule has 188 valence electrons. The fourth-order valence-electron chi connectivity index (χ4n) is 3.44. The minimum absolute atomic E-state index is 0.242. The largest absolute Gasteiger partial charge is 0.494 e. The van der Waals surface area contributed by atoms with Gasteiger partial charge in [0.05, 0.1) is 25.8 Å². The van der Waals surface area contributed by atoms with E-state index in [0.717, 1.165) is 43.2 Å². The molecule has 4 aromatic rings. The summed E-state index contributed by atoms with van der Waals surface area (Å²) in [5, 5.41) is 0. The van der Waals surface area contributed by atoms with Crippen LogP contribution in [0.3, 0.4) is 0 Å². The molecule has 36 heavy (non-hydrogen) atoms. The van der Waals surface area contributed by atoms with Gasteiger partial charge in [0.15, 0.2) is 4.34 Å². The fraction of sp³-hybridized carbons (Fsp3) is 0.296. The summed E-state index contributed by atoms with van der Waals surface area (Å²) in [4.78, 5) is 21.8. The number of aromatic nitrogens is 2. The maximum atomic E-state index is 11.6. The van der Waals surface area contributed by atoms with Crippen molar-refractivity contribution in [2.45, 2.75) is 43.9 Å². The van der Waals surface area contributed by atoms with Gasteiger partial charge in [-0.25, -0.2) is 9.97 Å². The molecule has 0 aliphatic heterocycles. The van der Waals surface area contributed by atoms with Crippen molar-refractivity contribution in [3.8, 4) is 23.0 Å². The Labute approximate surface area is 218 Å². The monoisotopic (exact) mass is 524 g/mol. The zero-order chi connectivity index (χ0) is 25.5. The SMILES string of the molecule is CCOc1cc(CSc2nc(C)c(CC(=O)OC)s2)cc(OCc2nc(-c3ccccc3)oc2C)c1. The maximum absolute atomic E-state index is 11.6. The van der Waals surface area contributed by atoms with Crippen molar-refractivity contribution < 1.29 is 23.4 Å². The molecule has 4 rings (SSSR count). The zero-order valence-electron chi connectivity index (χ0n) is 20.7. The Morgan fingerprint density at radius 2 is 1.81 bits per heavy atom. The van der Waals surface area contributed by atoms with Gasteiger partial charge < -0.3 is 18.6 Å². The first-order chi connectivity index (χ1) is 17.4. The highest BCUT2D eigenvalue weighted by atomic mass is 32.2. The summed E-state index contributed by atoms with van der Waals surface area (Å²) in [6, 6.07) is 15.7. The zero-order valence-corrected chi connectivity index (χ0v) is 22.3. The number of thiazole rings is 1. The molecule has 0 bridgehead atoms. The normalized spacial score (nSPS) is 10.9. The predicted octanol–water partition coefficient (Wildman–Crippen LogP) is 6.40. The Balaban J connectivity index is 1.45. The molecule has 0 saturated carbocycles. The third-order valence-electron chi connectivity index (χ3n) is 5.31. The molecule has 0 spiro atoms. The van der Waals surface area contributed by atoms with Gasteiger partial charge in [0, 0.05) is 22.3 Å². The molecule has 9 heteroatoms. The van der Waals surface area contributed by atoms with E-state index in [0.29, 0.717) is 24.0 Å². The van der Waals surface area contributed by atoms with Gasteiger partial charge in [-0.3, -0.25) is 4.79 Å². The van der Waals surface area contributed by atoms with Crippen LogP contribution in [0.2, 0.25) is 0 Å². The number of aryl methyl sites for hydroxylation is 2. The second kappa shape index (κ2) is 12.1. The summed E-state index contributed by atoms with van der Waals surface area (Å²) in [5.74, 6) is 3.17. The number of nitrogens with zero attached hydrogens (tertiary/aromatic N) is 2. The number of methoxy groups -OCH3 is 1. The number of benzene rings is 2. The van der Waals surface area contributed by atoms with E-state index >= 15 is 0 Å². The van der Waals surface area contributed by atoms with Crippen molar-refractivity contribution in [1.29, 1.82) is 0 Å². The Hall–Kier alpha value is -3.30. The number of hydrogen-bond acceptors (Lipinski definition) is 9. The molecule has 2 aromatic heterocycles. The van der Waals surface area contributed by atoms with Crippen LogP contribution in [0.1, 0.15) is 34.5 Å². The topological polar surface area (TPSA) is 83.7 Å². The lowest BCUT2D eigenvalue weighted by molar-refractivity contribution is -0.139. The molecule has 7 nitrogen and oxygen atoms in total. The molecule has 0 unspecified atom stereocenters. The first kappa shape index (κ1) is 25.8. The lowest BCUT2D eigenvalue weighted by Crippen LogP contribution is -2.03. The van der Waals surface area contributed by atoms with Crippen molar-refractivity contribution in [2.75, 3.05) is 13.7 Å². The lowest BCUT2D eigenvalue weighted by Gasteiger charge is -2.11. The van der Waals surface area contributed by atoms with Gasteiger partial charge in [-0.2, -0.15) is 0 Å². The molecular weight excluding hydrogens is 496 g/mol. The van der Waals surface area contributed by atoms with Crippen molar-refractivity contribution in [3.63, 3.8) is 0 Å². The number of ether oxygens (including phenoxy) is 3. The Morgan fingerprint density at radius 3 is 2.53 bits per heavy atom. The fourth-order valence-corrected chi connectivity index (χ4v) is 5.59. The standard InChI is InChI=1S/C27H28N2O5S2/c1-5-32-21-11-19(16-35-27-28-17(2)24(36-27)14-25(30)31-4)12-22(13-21)33-15-23-18(3)34-26(29-23)20-9-7-6-8-10-20/h6-13H,5,14-16H2,1-4H3. The number of hydrogen-bond donors (Lipinski definition) is 0. The Kier molecular flexibility index (Phi) is 8.66. The predicted molar refractivity (Wildman–Crippen MR) is 141 cm³/mol. The van der Waals surface area contributed by atoms with Crippen LogP contribution < -0.4 is 9.47 Å². The molecule has 0 atom stereocenters. The molecule has 0 aliphatic carbocycles. The van der Waals surface area contributed by atoms with Crippen LogP contribution in [0.15, 0.2) is 57.3 Å². The third kappa shape index (κ3) is 6.67. The molecule has 2 aromatic carbocycles. The van der Waals surface area contributed by atoms with Crippen LogP contribution >= 0.6 is 23.1 Å².